The zero-order valence-corrected chi connectivity index (χ0v) is 53.8. The van der Waals surface area contributed by atoms with Gasteiger partial charge in [0.15, 0.2) is 6.29 Å². The molecule has 3 aliphatic heterocycles. The molecule has 0 spiro atoms. The average Bonchev–Trinajstić information content (AvgIpc) is 1.51. The van der Waals surface area contributed by atoms with Crippen LogP contribution in [0, 0.1) is 0 Å². The molecule has 1 unspecified atom stereocenters. The van der Waals surface area contributed by atoms with Crippen LogP contribution in [0.2, 0.25) is 0 Å². The molecule has 5 rings (SSSR count). The molecule has 540 valence electrons. The van der Waals surface area contributed by atoms with E-state index in [2.05, 4.69) is 20.6 Å². The molecule has 3 saturated heterocycles. The maximum atomic E-state index is 10.3. The van der Waals surface area contributed by atoms with Crippen LogP contribution in [0.3, 0.4) is 0 Å². The number of aromatic nitrogens is 6. The molecular formula is C57H106N10O26. The number of ether oxygens (including phenoxy) is 19. The van der Waals surface area contributed by atoms with E-state index in [1.165, 1.54) is 12.1 Å². The monoisotopic (exact) mass is 1350 g/mol. The normalized spacial score (nSPS) is 24.5. The van der Waals surface area contributed by atoms with E-state index in [1.54, 1.807) is 28.0 Å². The van der Waals surface area contributed by atoms with Gasteiger partial charge in [0.1, 0.15) is 47.5 Å². The number of aliphatic hydroxyl groups is 7. The molecular weight excluding hydrogens is 1240 g/mol. The molecule has 0 aliphatic carbocycles. The number of hydrogen-bond donors (Lipinski definition) is 10. The maximum Gasteiger partial charge on any atom is 0.160 e. The Hall–Kier alpha value is -3.50. The third-order valence-electron chi connectivity index (χ3n) is 14.4. The Morgan fingerprint density at radius 3 is 1.56 bits per heavy atom. The fourth-order valence-corrected chi connectivity index (χ4v) is 9.16. The third kappa shape index (κ3) is 33.5. The Balaban J connectivity index is 0.920. The van der Waals surface area contributed by atoms with Crippen molar-refractivity contribution in [2.24, 2.45) is 17.3 Å². The highest BCUT2D eigenvalue weighted by atomic mass is 16.7. The number of nitrogens with two attached hydrogens (primary N) is 3. The van der Waals surface area contributed by atoms with E-state index in [0.29, 0.717) is 169 Å². The summed E-state index contributed by atoms with van der Waals surface area (Å²) in [5, 5.41) is 88.0. The lowest BCUT2D eigenvalue weighted by atomic mass is 9.90. The zero-order valence-electron chi connectivity index (χ0n) is 53.8. The van der Waals surface area contributed by atoms with Crippen molar-refractivity contribution in [2.75, 3.05) is 218 Å². The van der Waals surface area contributed by atoms with E-state index < -0.39 is 72.9 Å². The highest BCUT2D eigenvalue weighted by Crippen LogP contribution is 2.26. The molecule has 2 aromatic rings. The summed E-state index contributed by atoms with van der Waals surface area (Å²) >= 11 is 0. The molecule has 0 amide bonds. The van der Waals surface area contributed by atoms with Crippen LogP contribution in [0.1, 0.15) is 30.7 Å². The maximum absolute atomic E-state index is 10.3. The summed E-state index contributed by atoms with van der Waals surface area (Å²) in [5.74, 6) is 6.16. The van der Waals surface area contributed by atoms with Gasteiger partial charge in [0.05, 0.1) is 273 Å². The molecule has 93 heavy (non-hydrogen) atoms. The van der Waals surface area contributed by atoms with E-state index >= 15 is 0 Å². The predicted molar refractivity (Wildman–Crippen MR) is 321 cm³/mol. The van der Waals surface area contributed by atoms with Crippen molar-refractivity contribution in [3.05, 3.63) is 35.7 Å². The van der Waals surface area contributed by atoms with Gasteiger partial charge in [-0.05, 0) is 12.8 Å². The fraction of sp³-hybridized carbons (Fsp3) is 0.895. The summed E-state index contributed by atoms with van der Waals surface area (Å²) in [5.41, 5.74) is 12.1. The Kier molecular flexibility index (Phi) is 41.6. The summed E-state index contributed by atoms with van der Waals surface area (Å²) in [4.78, 5) is 0. The van der Waals surface area contributed by atoms with Crippen molar-refractivity contribution in [2.45, 2.75) is 112 Å². The molecule has 36 nitrogen and oxygen atoms in total. The Bertz CT molecular complexity index is 2190. The lowest BCUT2D eigenvalue weighted by molar-refractivity contribution is -0.252. The molecule has 3 fully saturated rings. The SMILES string of the molecule is CO[C@@H]1C[C@@H](O)[C@@H](O)[C@@H](COCCOCCOCCOCCn2cc(COCC(N)(COC/C(N)=C/N(N)CCOCCOCCOCCOC[C@H]3OCC[C@@H](O)[C@H]3O)COCc3cn(CCOCCOCCOCCOC[C@@]4(CO)OCC[C@@H](O)[C@H]4O)nn3)nn2)O1. The van der Waals surface area contributed by atoms with Gasteiger partial charge in [-0.1, -0.05) is 10.4 Å². The zero-order chi connectivity index (χ0) is 66.6. The number of methoxy groups -OCH3 is 1. The summed E-state index contributed by atoms with van der Waals surface area (Å²) in [6.07, 6.45) is -1.92. The molecule has 11 atom stereocenters. The molecule has 3 aliphatic rings. The van der Waals surface area contributed by atoms with Crippen LogP contribution in [0.5, 0.6) is 0 Å². The van der Waals surface area contributed by atoms with Crippen molar-refractivity contribution in [3.8, 4) is 0 Å². The minimum absolute atomic E-state index is 0.00113. The number of nitrogens with zero attached hydrogens (tertiary/aromatic N) is 7. The van der Waals surface area contributed by atoms with Crippen LogP contribution in [-0.4, -0.2) is 355 Å². The van der Waals surface area contributed by atoms with E-state index in [4.69, 9.17) is 107 Å². The van der Waals surface area contributed by atoms with Crippen molar-refractivity contribution in [1.82, 2.24) is 35.0 Å². The van der Waals surface area contributed by atoms with Crippen molar-refractivity contribution in [1.29, 1.82) is 0 Å². The first-order chi connectivity index (χ1) is 45.2. The first kappa shape index (κ1) is 80.2. The van der Waals surface area contributed by atoms with Gasteiger partial charge in [-0.15, -0.1) is 10.2 Å². The largest absolute Gasteiger partial charge is 0.399 e. The highest BCUT2D eigenvalue weighted by Gasteiger charge is 2.46. The first-order valence-corrected chi connectivity index (χ1v) is 31.6. The van der Waals surface area contributed by atoms with E-state index in [-0.39, 0.29) is 98.7 Å². The number of hydrazine groups is 1. The van der Waals surface area contributed by atoms with E-state index in [1.807, 2.05) is 0 Å². The Morgan fingerprint density at radius 2 is 1.04 bits per heavy atom. The lowest BCUT2D eigenvalue weighted by Gasteiger charge is -2.42. The topological polar surface area (TPSA) is 460 Å². The van der Waals surface area contributed by atoms with Crippen LogP contribution in [-0.2, 0) is 116 Å². The van der Waals surface area contributed by atoms with Gasteiger partial charge in [-0.3, -0.25) is 0 Å². The Labute approximate surface area is 542 Å². The smallest absolute Gasteiger partial charge is 0.160 e. The quantitative estimate of drug-likeness (QED) is 0.0168. The molecule has 0 saturated carbocycles. The third-order valence-corrected chi connectivity index (χ3v) is 14.4. The molecule has 0 bridgehead atoms. The van der Waals surface area contributed by atoms with Gasteiger partial charge in [0, 0.05) is 26.3 Å². The second-order valence-electron chi connectivity index (χ2n) is 22.2. The van der Waals surface area contributed by atoms with Gasteiger partial charge in [-0.2, -0.15) is 0 Å². The summed E-state index contributed by atoms with van der Waals surface area (Å²) < 4.78 is 110. The van der Waals surface area contributed by atoms with Gasteiger partial charge in [0.25, 0.3) is 0 Å². The minimum atomic E-state index is -1.36. The lowest BCUT2D eigenvalue weighted by Crippen LogP contribution is -2.60. The molecule has 0 aromatic carbocycles. The van der Waals surface area contributed by atoms with Crippen LogP contribution in [0.25, 0.3) is 0 Å². The van der Waals surface area contributed by atoms with Crippen molar-refractivity contribution in [3.63, 3.8) is 0 Å². The molecule has 0 radical (unpaired) electrons. The van der Waals surface area contributed by atoms with Crippen LogP contribution >= 0.6 is 0 Å². The number of aliphatic hydroxyl groups excluding tert-OH is 7. The van der Waals surface area contributed by atoms with Crippen LogP contribution in [0.15, 0.2) is 24.3 Å². The van der Waals surface area contributed by atoms with Crippen LogP contribution in [0.4, 0.5) is 0 Å². The fourth-order valence-electron chi connectivity index (χ4n) is 9.16. The first-order valence-electron chi connectivity index (χ1n) is 31.6. The summed E-state index contributed by atoms with van der Waals surface area (Å²) in [6.45, 7) is 8.74. The van der Waals surface area contributed by atoms with E-state index in [0.717, 1.165) is 0 Å². The van der Waals surface area contributed by atoms with Crippen LogP contribution < -0.4 is 17.3 Å². The van der Waals surface area contributed by atoms with E-state index in [9.17, 15) is 35.7 Å². The van der Waals surface area contributed by atoms with Gasteiger partial charge in [-0.25, -0.2) is 15.2 Å². The standard InChI is InChI=1S/C57H106N10O26/c1-75-52-30-49(71)54(73)51(93-52)38-86-28-25-83-22-19-80-16-13-77-10-5-66-32-45(61-63-66)35-89-41-56(59,40-88-34-44(58)31-65(60)4-9-76-12-15-79-18-21-82-24-27-85-37-50-53(72)47(69)2-7-91-50)42-90-36-46-33-67(64-62-46)6-11-78-14-17-81-20-23-84-26-29-87-43-57(39-68)55(74)48(70)3-8-92-57/h31-33,47-55,68-74H,2-30,34-43,58-60H2,1H3/b44-31-/t47-,48-,49-,50-,51-,52+,53-,54-,55-,56?,57-/m1/s1. The van der Waals surface area contributed by atoms with Gasteiger partial charge in [0.2, 0.25) is 0 Å². The summed E-state index contributed by atoms with van der Waals surface area (Å²) in [6, 6.07) is 0. The second-order valence-corrected chi connectivity index (χ2v) is 22.2. The predicted octanol–water partition coefficient (Wildman–Crippen LogP) is -5.64. The molecule has 13 N–H and O–H groups in total. The van der Waals surface area contributed by atoms with Gasteiger partial charge < -0.3 is 142 Å². The minimum Gasteiger partial charge on any atom is -0.399 e. The number of rotatable bonds is 57. The Morgan fingerprint density at radius 1 is 0.591 bits per heavy atom. The molecule has 2 aromatic heterocycles. The second kappa shape index (κ2) is 48.3. The van der Waals surface area contributed by atoms with Gasteiger partial charge >= 0.3 is 0 Å². The number of hydrogen-bond acceptors (Lipinski definition) is 34. The molecule has 5 heterocycles. The average molecular weight is 1350 g/mol. The van der Waals surface area contributed by atoms with Crippen molar-refractivity contribution < 1.29 is 126 Å². The highest BCUT2D eigenvalue weighted by molar-refractivity contribution is 4.98. The summed E-state index contributed by atoms with van der Waals surface area (Å²) in [7, 11) is 1.48. The molecule has 36 heteroatoms. The van der Waals surface area contributed by atoms with Crippen molar-refractivity contribution >= 4 is 0 Å².